The summed E-state index contributed by atoms with van der Waals surface area (Å²) in [6.45, 7) is 1.52. The van der Waals surface area contributed by atoms with Gasteiger partial charge >= 0.3 is 6.18 Å². The summed E-state index contributed by atoms with van der Waals surface area (Å²) >= 11 is 0. The standard InChI is InChI=1S/C11H11F3O2/c1-7(6-15)9-5-8(11(12,13)14)3-4-10(9)16-2/h3-7H,1-2H3. The highest BCUT2D eigenvalue weighted by Gasteiger charge is 2.31. The molecule has 0 bridgehead atoms. The zero-order valence-corrected chi connectivity index (χ0v) is 8.84. The van der Waals surface area contributed by atoms with Crippen LogP contribution in [0.4, 0.5) is 13.2 Å². The highest BCUT2D eigenvalue weighted by atomic mass is 19.4. The second-order valence-electron chi connectivity index (χ2n) is 3.38. The fraction of sp³-hybridized carbons (Fsp3) is 0.364. The number of hydrogen-bond acceptors (Lipinski definition) is 2. The van der Waals surface area contributed by atoms with Crippen molar-refractivity contribution in [2.75, 3.05) is 7.11 Å². The van der Waals surface area contributed by atoms with E-state index in [2.05, 4.69) is 0 Å². The van der Waals surface area contributed by atoms with Gasteiger partial charge in [-0.3, -0.25) is 0 Å². The molecule has 1 unspecified atom stereocenters. The van der Waals surface area contributed by atoms with Crippen molar-refractivity contribution in [3.05, 3.63) is 29.3 Å². The third-order valence-electron chi connectivity index (χ3n) is 2.25. The third kappa shape index (κ3) is 2.53. The molecule has 1 atom stereocenters. The van der Waals surface area contributed by atoms with E-state index >= 15 is 0 Å². The average molecular weight is 232 g/mol. The van der Waals surface area contributed by atoms with Crippen molar-refractivity contribution in [1.82, 2.24) is 0 Å². The Hall–Kier alpha value is -1.52. The highest BCUT2D eigenvalue weighted by Crippen LogP contribution is 2.34. The van der Waals surface area contributed by atoms with E-state index in [0.29, 0.717) is 6.29 Å². The fourth-order valence-electron chi connectivity index (χ4n) is 1.34. The van der Waals surface area contributed by atoms with E-state index in [0.717, 1.165) is 12.1 Å². The van der Waals surface area contributed by atoms with Crippen LogP contribution in [0.5, 0.6) is 5.75 Å². The van der Waals surface area contributed by atoms with E-state index in [1.807, 2.05) is 0 Å². The van der Waals surface area contributed by atoms with Crippen LogP contribution in [0.15, 0.2) is 18.2 Å². The maximum absolute atomic E-state index is 12.4. The number of benzene rings is 1. The summed E-state index contributed by atoms with van der Waals surface area (Å²) in [7, 11) is 1.35. The summed E-state index contributed by atoms with van der Waals surface area (Å²) in [4.78, 5) is 10.6. The van der Waals surface area contributed by atoms with Crippen LogP contribution in [0.1, 0.15) is 24.0 Å². The van der Waals surface area contributed by atoms with Gasteiger partial charge in [-0.25, -0.2) is 0 Å². The van der Waals surface area contributed by atoms with Crippen LogP contribution in [0.2, 0.25) is 0 Å². The topological polar surface area (TPSA) is 26.3 Å². The molecule has 0 N–H and O–H groups in total. The van der Waals surface area contributed by atoms with Crippen molar-refractivity contribution in [1.29, 1.82) is 0 Å². The number of carbonyl (C=O) groups is 1. The first-order valence-electron chi connectivity index (χ1n) is 4.60. The van der Waals surface area contributed by atoms with Crippen molar-refractivity contribution in [3.63, 3.8) is 0 Å². The lowest BCUT2D eigenvalue weighted by atomic mass is 9.99. The molecule has 0 radical (unpaired) electrons. The highest BCUT2D eigenvalue weighted by molar-refractivity contribution is 5.64. The number of aldehydes is 1. The van der Waals surface area contributed by atoms with Gasteiger partial charge in [0.05, 0.1) is 12.7 Å². The molecule has 0 aliphatic heterocycles. The minimum Gasteiger partial charge on any atom is -0.496 e. The van der Waals surface area contributed by atoms with Gasteiger partial charge in [0.1, 0.15) is 12.0 Å². The molecular formula is C11H11F3O2. The summed E-state index contributed by atoms with van der Waals surface area (Å²) in [5, 5.41) is 0. The fourth-order valence-corrected chi connectivity index (χ4v) is 1.34. The predicted octanol–water partition coefficient (Wildman–Crippen LogP) is 3.02. The number of ether oxygens (including phenoxy) is 1. The summed E-state index contributed by atoms with van der Waals surface area (Å²) in [6, 6.07) is 3.09. The van der Waals surface area contributed by atoms with Crippen LogP contribution >= 0.6 is 0 Å². The molecule has 1 aromatic rings. The normalized spacial score (nSPS) is 13.3. The molecule has 16 heavy (non-hydrogen) atoms. The lowest BCUT2D eigenvalue weighted by molar-refractivity contribution is -0.137. The number of rotatable bonds is 3. The monoisotopic (exact) mass is 232 g/mol. The number of methoxy groups -OCH3 is 1. The van der Waals surface area contributed by atoms with Crippen LogP contribution in [0.3, 0.4) is 0 Å². The largest absolute Gasteiger partial charge is 0.496 e. The second kappa shape index (κ2) is 4.55. The quantitative estimate of drug-likeness (QED) is 0.749. The number of halogens is 3. The Bertz CT molecular complexity index is 385. The summed E-state index contributed by atoms with van der Waals surface area (Å²) in [5.74, 6) is -0.343. The van der Waals surface area contributed by atoms with E-state index in [1.54, 1.807) is 0 Å². The Labute approximate surface area is 91.0 Å². The zero-order valence-electron chi connectivity index (χ0n) is 8.84. The molecule has 0 saturated carbocycles. The smallest absolute Gasteiger partial charge is 0.416 e. The van der Waals surface area contributed by atoms with E-state index in [9.17, 15) is 18.0 Å². The van der Waals surface area contributed by atoms with Crippen LogP contribution in [-0.4, -0.2) is 13.4 Å². The van der Waals surface area contributed by atoms with Gasteiger partial charge in [0, 0.05) is 11.5 Å². The van der Waals surface area contributed by atoms with Gasteiger partial charge in [-0.2, -0.15) is 13.2 Å². The summed E-state index contributed by atoms with van der Waals surface area (Å²) in [5.41, 5.74) is -0.538. The second-order valence-corrected chi connectivity index (χ2v) is 3.38. The van der Waals surface area contributed by atoms with Crippen molar-refractivity contribution >= 4 is 6.29 Å². The first kappa shape index (κ1) is 12.5. The first-order valence-corrected chi connectivity index (χ1v) is 4.60. The summed E-state index contributed by atoms with van der Waals surface area (Å²) < 4.78 is 42.2. The van der Waals surface area contributed by atoms with Gasteiger partial charge in [-0.15, -0.1) is 0 Å². The van der Waals surface area contributed by atoms with Gasteiger partial charge in [-0.05, 0) is 18.2 Å². The molecule has 1 aromatic carbocycles. The minimum absolute atomic E-state index is 0.243. The Morgan fingerprint density at radius 2 is 2.00 bits per heavy atom. The van der Waals surface area contributed by atoms with Crippen LogP contribution in [0.25, 0.3) is 0 Å². The molecule has 88 valence electrons. The lowest BCUT2D eigenvalue weighted by Crippen LogP contribution is -2.07. The maximum atomic E-state index is 12.4. The molecular weight excluding hydrogens is 221 g/mol. The van der Waals surface area contributed by atoms with Crippen LogP contribution in [-0.2, 0) is 11.0 Å². The van der Waals surface area contributed by atoms with Crippen molar-refractivity contribution in [2.24, 2.45) is 0 Å². The molecule has 0 amide bonds. The molecule has 0 spiro atoms. The molecule has 0 fully saturated rings. The average Bonchev–Trinajstić information content (AvgIpc) is 2.25. The van der Waals surface area contributed by atoms with Gasteiger partial charge in [0.25, 0.3) is 0 Å². The summed E-state index contributed by atoms with van der Waals surface area (Å²) in [6.07, 6.45) is -3.83. The van der Waals surface area contributed by atoms with Crippen LogP contribution in [0, 0.1) is 0 Å². The van der Waals surface area contributed by atoms with Crippen molar-refractivity contribution in [2.45, 2.75) is 19.0 Å². The zero-order chi connectivity index (χ0) is 12.3. The molecule has 0 aliphatic carbocycles. The first-order chi connectivity index (χ1) is 7.40. The van der Waals surface area contributed by atoms with Crippen molar-refractivity contribution in [3.8, 4) is 5.75 Å². The Balaban J connectivity index is 3.26. The lowest BCUT2D eigenvalue weighted by Gasteiger charge is -2.14. The predicted molar refractivity (Wildman–Crippen MR) is 52.5 cm³/mol. The van der Waals surface area contributed by atoms with E-state index in [1.165, 1.54) is 20.1 Å². The maximum Gasteiger partial charge on any atom is 0.416 e. The number of alkyl halides is 3. The van der Waals surface area contributed by atoms with E-state index in [4.69, 9.17) is 4.74 Å². The Morgan fingerprint density at radius 1 is 1.38 bits per heavy atom. The molecule has 0 aromatic heterocycles. The Morgan fingerprint density at radius 3 is 2.44 bits per heavy atom. The molecule has 5 heteroatoms. The molecule has 0 aliphatic rings. The molecule has 1 rings (SSSR count). The van der Waals surface area contributed by atoms with Crippen molar-refractivity contribution < 1.29 is 22.7 Å². The van der Waals surface area contributed by atoms with Gasteiger partial charge in [-0.1, -0.05) is 6.92 Å². The molecule has 0 saturated heterocycles. The SMILES string of the molecule is COc1ccc(C(F)(F)F)cc1C(C)C=O. The van der Waals surface area contributed by atoms with E-state index < -0.39 is 17.7 Å². The van der Waals surface area contributed by atoms with Gasteiger partial charge in [0.2, 0.25) is 0 Å². The van der Waals surface area contributed by atoms with Gasteiger partial charge < -0.3 is 9.53 Å². The third-order valence-corrected chi connectivity index (χ3v) is 2.25. The van der Waals surface area contributed by atoms with Crippen LogP contribution < -0.4 is 4.74 Å². The Kier molecular flexibility index (Phi) is 3.57. The molecule has 0 heterocycles. The minimum atomic E-state index is -4.41. The van der Waals surface area contributed by atoms with Gasteiger partial charge in [0.15, 0.2) is 0 Å². The molecule has 2 nitrogen and oxygen atoms in total. The number of carbonyl (C=O) groups excluding carboxylic acids is 1. The number of hydrogen-bond donors (Lipinski definition) is 0. The van der Waals surface area contributed by atoms with E-state index in [-0.39, 0.29) is 11.3 Å².